The smallest absolute Gasteiger partial charge is 0.192 e. The van der Waals surface area contributed by atoms with Crippen LogP contribution in [0.15, 0.2) is 0 Å². The molecule has 0 aromatic carbocycles. The van der Waals surface area contributed by atoms with Gasteiger partial charge in [-0.15, -0.1) is 0 Å². The molecule has 4 unspecified atom stereocenters. The van der Waals surface area contributed by atoms with Crippen molar-refractivity contribution in [2.24, 2.45) is 0 Å². The Balaban J connectivity index is 0.000000151. The third-order valence-corrected chi connectivity index (χ3v) is 7.46. The number of hydrogen-bond donors (Lipinski definition) is 2. The lowest BCUT2D eigenvalue weighted by Crippen LogP contribution is -2.49. The predicted molar refractivity (Wildman–Crippen MR) is 103 cm³/mol. The first-order valence-electron chi connectivity index (χ1n) is 10.6. The minimum Gasteiger partial charge on any atom is -0.373 e. The summed E-state index contributed by atoms with van der Waals surface area (Å²) in [4.78, 5) is 0. The van der Waals surface area contributed by atoms with E-state index in [1.165, 1.54) is 18.6 Å². The SMILES string of the molecule is OC12CCCCC1OCCCCO2.OC12CCCCC1SCCCCO2. The van der Waals surface area contributed by atoms with E-state index in [9.17, 15) is 10.2 Å². The Morgan fingerprint density at radius 1 is 0.692 bits per heavy atom. The summed E-state index contributed by atoms with van der Waals surface area (Å²) in [5.41, 5.74) is 0. The molecule has 2 N–H and O–H groups in total. The van der Waals surface area contributed by atoms with Crippen LogP contribution in [0.4, 0.5) is 0 Å². The van der Waals surface area contributed by atoms with E-state index in [-0.39, 0.29) is 6.10 Å². The van der Waals surface area contributed by atoms with Gasteiger partial charge in [0.1, 0.15) is 6.10 Å². The highest BCUT2D eigenvalue weighted by molar-refractivity contribution is 7.99. The Labute approximate surface area is 162 Å². The van der Waals surface area contributed by atoms with Crippen LogP contribution in [0.3, 0.4) is 0 Å². The molecule has 0 aromatic rings. The van der Waals surface area contributed by atoms with Gasteiger partial charge in [-0.25, -0.2) is 0 Å². The molecule has 4 fully saturated rings. The first kappa shape index (κ1) is 20.9. The maximum Gasteiger partial charge on any atom is 0.192 e. The van der Waals surface area contributed by atoms with Gasteiger partial charge >= 0.3 is 0 Å². The number of rotatable bonds is 0. The minimum atomic E-state index is -0.974. The Kier molecular flexibility index (Phi) is 8.09. The molecular weight excluding hydrogens is 352 g/mol. The lowest BCUT2D eigenvalue weighted by molar-refractivity contribution is -0.287. The highest BCUT2D eigenvalue weighted by Crippen LogP contribution is 2.39. The highest BCUT2D eigenvalue weighted by Gasteiger charge is 2.42. The third kappa shape index (κ3) is 5.58. The molecule has 2 aliphatic heterocycles. The summed E-state index contributed by atoms with van der Waals surface area (Å²) < 4.78 is 16.7. The molecule has 2 heterocycles. The van der Waals surface area contributed by atoms with Gasteiger partial charge in [-0.1, -0.05) is 12.8 Å². The van der Waals surface area contributed by atoms with Crippen molar-refractivity contribution in [1.29, 1.82) is 0 Å². The normalized spacial score (nSPS) is 41.8. The Hall–Kier alpha value is 0.150. The predicted octanol–water partition coefficient (Wildman–Crippen LogP) is 3.61. The van der Waals surface area contributed by atoms with Crippen LogP contribution >= 0.6 is 11.8 Å². The van der Waals surface area contributed by atoms with E-state index in [1.807, 2.05) is 11.8 Å². The van der Waals surface area contributed by atoms with E-state index in [2.05, 4.69) is 0 Å². The van der Waals surface area contributed by atoms with Crippen molar-refractivity contribution < 1.29 is 24.4 Å². The summed E-state index contributed by atoms with van der Waals surface area (Å²) in [7, 11) is 0. The molecule has 2 aliphatic carbocycles. The van der Waals surface area contributed by atoms with Gasteiger partial charge in [0, 0.05) is 19.4 Å². The van der Waals surface area contributed by atoms with Gasteiger partial charge in [-0.2, -0.15) is 11.8 Å². The number of ether oxygens (including phenoxy) is 3. The summed E-state index contributed by atoms with van der Waals surface area (Å²) in [5.74, 6) is -0.571. The summed E-state index contributed by atoms with van der Waals surface area (Å²) in [6.45, 7) is 2.19. The highest BCUT2D eigenvalue weighted by atomic mass is 32.2. The van der Waals surface area contributed by atoms with Gasteiger partial charge in [-0.05, 0) is 57.1 Å². The summed E-state index contributed by atoms with van der Waals surface area (Å²) in [6.07, 6.45) is 12.5. The molecular formula is C20H36O5S. The lowest BCUT2D eigenvalue weighted by Gasteiger charge is -2.40. The van der Waals surface area contributed by atoms with Crippen molar-refractivity contribution in [3.63, 3.8) is 0 Å². The van der Waals surface area contributed by atoms with Crippen LogP contribution in [-0.4, -0.2) is 58.7 Å². The van der Waals surface area contributed by atoms with Crippen molar-refractivity contribution in [2.45, 2.75) is 100.0 Å². The Morgan fingerprint density at radius 3 is 2.19 bits per heavy atom. The van der Waals surface area contributed by atoms with Gasteiger partial charge in [0.15, 0.2) is 11.6 Å². The summed E-state index contributed by atoms with van der Waals surface area (Å²) >= 11 is 1.91. The summed E-state index contributed by atoms with van der Waals surface area (Å²) in [5, 5.41) is 20.7. The monoisotopic (exact) mass is 388 g/mol. The zero-order valence-corrected chi connectivity index (χ0v) is 16.8. The van der Waals surface area contributed by atoms with Gasteiger partial charge in [-0.3, -0.25) is 0 Å². The van der Waals surface area contributed by atoms with Gasteiger partial charge in [0.25, 0.3) is 0 Å². The quantitative estimate of drug-likeness (QED) is 0.661. The van der Waals surface area contributed by atoms with Crippen molar-refractivity contribution in [2.75, 3.05) is 25.6 Å². The summed E-state index contributed by atoms with van der Waals surface area (Å²) in [6, 6.07) is 0. The number of hydrogen-bond acceptors (Lipinski definition) is 6. The van der Waals surface area contributed by atoms with Gasteiger partial charge < -0.3 is 24.4 Å². The Bertz CT molecular complexity index is 385. The van der Waals surface area contributed by atoms with E-state index in [1.54, 1.807) is 0 Å². The first-order chi connectivity index (χ1) is 12.6. The minimum absolute atomic E-state index is 0.0819. The van der Waals surface area contributed by atoms with E-state index in [0.29, 0.717) is 11.9 Å². The molecule has 0 radical (unpaired) electrons. The van der Waals surface area contributed by atoms with Crippen LogP contribution in [-0.2, 0) is 14.2 Å². The molecule has 0 bridgehead atoms. The van der Waals surface area contributed by atoms with Crippen LogP contribution in [0.5, 0.6) is 0 Å². The molecule has 152 valence electrons. The van der Waals surface area contributed by atoms with Crippen LogP contribution < -0.4 is 0 Å². The standard InChI is InChI=1S/C10H18O3.C10H18O2S/c11-10-6-2-1-5-9(10)12-7-3-4-8-13-10;11-10-6-2-1-5-9(10)13-8-4-3-7-12-10/h2*9,11H,1-8H2. The molecule has 6 heteroatoms. The zero-order chi connectivity index (χ0) is 18.3. The maximum absolute atomic E-state index is 10.3. The molecule has 0 amide bonds. The molecule has 4 aliphatic rings. The fourth-order valence-corrected chi connectivity index (χ4v) is 5.74. The average Bonchev–Trinajstić information content (AvgIpc) is 2.60. The van der Waals surface area contributed by atoms with Crippen molar-refractivity contribution >= 4 is 11.8 Å². The van der Waals surface area contributed by atoms with Crippen molar-refractivity contribution in [1.82, 2.24) is 0 Å². The molecule has 2 saturated heterocycles. The van der Waals surface area contributed by atoms with Crippen LogP contribution in [0.25, 0.3) is 0 Å². The maximum atomic E-state index is 10.3. The van der Waals surface area contributed by atoms with Crippen LogP contribution in [0.1, 0.15) is 77.0 Å². The largest absolute Gasteiger partial charge is 0.373 e. The fraction of sp³-hybridized carbons (Fsp3) is 1.00. The van der Waals surface area contributed by atoms with Gasteiger partial charge in [0.2, 0.25) is 0 Å². The fourth-order valence-electron chi connectivity index (χ4n) is 4.30. The molecule has 5 nitrogen and oxygen atoms in total. The molecule has 2 saturated carbocycles. The van der Waals surface area contributed by atoms with E-state index in [4.69, 9.17) is 14.2 Å². The van der Waals surface area contributed by atoms with E-state index in [0.717, 1.165) is 77.4 Å². The van der Waals surface area contributed by atoms with Crippen molar-refractivity contribution in [3.05, 3.63) is 0 Å². The number of aliphatic hydroxyl groups is 2. The second kappa shape index (κ2) is 10.1. The second-order valence-electron chi connectivity index (χ2n) is 8.01. The molecule has 4 atom stereocenters. The molecule has 0 spiro atoms. The first-order valence-corrected chi connectivity index (χ1v) is 11.6. The number of fused-ring (bicyclic) bond motifs is 2. The van der Waals surface area contributed by atoms with E-state index < -0.39 is 11.6 Å². The Morgan fingerprint density at radius 2 is 1.35 bits per heavy atom. The van der Waals surface area contributed by atoms with E-state index >= 15 is 0 Å². The molecule has 26 heavy (non-hydrogen) atoms. The van der Waals surface area contributed by atoms with Crippen LogP contribution in [0, 0.1) is 0 Å². The zero-order valence-electron chi connectivity index (χ0n) is 16.0. The molecule has 0 aromatic heterocycles. The molecule has 4 rings (SSSR count). The van der Waals surface area contributed by atoms with Gasteiger partial charge in [0.05, 0.1) is 18.5 Å². The average molecular weight is 389 g/mol. The van der Waals surface area contributed by atoms with Crippen LogP contribution in [0.2, 0.25) is 0 Å². The lowest BCUT2D eigenvalue weighted by atomic mass is 9.91. The van der Waals surface area contributed by atoms with Crippen molar-refractivity contribution in [3.8, 4) is 0 Å². The topological polar surface area (TPSA) is 68.2 Å². The number of thioether (sulfide) groups is 1. The second-order valence-corrected chi connectivity index (χ2v) is 9.32. The third-order valence-electron chi connectivity index (χ3n) is 5.93.